The van der Waals surface area contributed by atoms with Gasteiger partial charge in [-0.1, -0.05) is 23.7 Å². The number of nitrogens with zero attached hydrogens (tertiary/aromatic N) is 1. The molecule has 0 unspecified atom stereocenters. The molecule has 9 heteroatoms. The summed E-state index contributed by atoms with van der Waals surface area (Å²) in [5.41, 5.74) is 1.71. The molecule has 1 aliphatic heterocycles. The van der Waals surface area contributed by atoms with Crippen molar-refractivity contribution in [2.24, 2.45) is 0 Å². The maximum absolute atomic E-state index is 12.6. The number of halogens is 1. The Bertz CT molecular complexity index is 1180. The van der Waals surface area contributed by atoms with Crippen LogP contribution in [0.2, 0.25) is 5.02 Å². The number of anilines is 2. The summed E-state index contributed by atoms with van der Waals surface area (Å²) in [6, 6.07) is 15.4. The first kappa shape index (κ1) is 19.4. The van der Waals surface area contributed by atoms with E-state index >= 15 is 0 Å². The van der Waals surface area contributed by atoms with Crippen LogP contribution >= 0.6 is 11.6 Å². The van der Waals surface area contributed by atoms with E-state index in [1.54, 1.807) is 30.3 Å². The van der Waals surface area contributed by atoms with Crippen LogP contribution in [0, 0.1) is 10.1 Å². The van der Waals surface area contributed by atoms with E-state index in [0.717, 1.165) is 0 Å². The Morgan fingerprint density at radius 3 is 2.53 bits per heavy atom. The van der Waals surface area contributed by atoms with Gasteiger partial charge in [-0.15, -0.1) is 0 Å². The highest BCUT2D eigenvalue weighted by Crippen LogP contribution is 2.37. The smallest absolute Gasteiger partial charge is 0.269 e. The van der Waals surface area contributed by atoms with Crippen molar-refractivity contribution in [1.82, 2.24) is 0 Å². The van der Waals surface area contributed by atoms with Crippen LogP contribution in [0.4, 0.5) is 17.1 Å². The molecule has 0 atom stereocenters. The summed E-state index contributed by atoms with van der Waals surface area (Å²) in [5, 5.41) is 16.6. The highest BCUT2D eigenvalue weighted by Gasteiger charge is 2.22. The van der Waals surface area contributed by atoms with Crippen LogP contribution in [-0.4, -0.2) is 16.7 Å². The third-order valence-corrected chi connectivity index (χ3v) is 4.66. The molecule has 3 aromatic rings. The third-order valence-electron chi connectivity index (χ3n) is 4.43. The average Bonchev–Trinajstić information content (AvgIpc) is 2.84. The number of rotatable bonds is 4. The van der Waals surface area contributed by atoms with Gasteiger partial charge < -0.3 is 15.4 Å². The quantitative estimate of drug-likeness (QED) is 0.463. The number of non-ortho nitro benzene ring substituents is 1. The molecule has 2 amide bonds. The van der Waals surface area contributed by atoms with Gasteiger partial charge in [-0.05, 0) is 42.0 Å². The lowest BCUT2D eigenvalue weighted by Crippen LogP contribution is -2.16. The van der Waals surface area contributed by atoms with E-state index in [-0.39, 0.29) is 23.6 Å². The molecular formula is C21H14ClN3O5. The molecule has 1 heterocycles. The zero-order valence-electron chi connectivity index (χ0n) is 15.3. The summed E-state index contributed by atoms with van der Waals surface area (Å²) in [5.74, 6) is 0.0923. The molecule has 0 saturated carbocycles. The summed E-state index contributed by atoms with van der Waals surface area (Å²) < 4.78 is 5.80. The molecule has 150 valence electrons. The summed E-state index contributed by atoms with van der Waals surface area (Å²) in [7, 11) is 0. The number of benzene rings is 3. The predicted octanol–water partition coefficient (Wildman–Crippen LogP) is 4.79. The SMILES string of the molecule is O=C(Cc1ccc([N+](=O)[O-])cc1)Nc1ccc2c(c1)C(=O)Nc1cc(Cl)ccc1O2. The fourth-order valence-corrected chi connectivity index (χ4v) is 3.17. The molecule has 8 nitrogen and oxygen atoms in total. The Morgan fingerprint density at radius 2 is 1.80 bits per heavy atom. The average molecular weight is 424 g/mol. The van der Waals surface area contributed by atoms with Gasteiger partial charge in [0.2, 0.25) is 5.91 Å². The van der Waals surface area contributed by atoms with E-state index in [0.29, 0.717) is 33.5 Å². The summed E-state index contributed by atoms with van der Waals surface area (Å²) in [6.45, 7) is 0. The van der Waals surface area contributed by atoms with Gasteiger partial charge in [0.25, 0.3) is 11.6 Å². The molecule has 2 N–H and O–H groups in total. The summed E-state index contributed by atoms with van der Waals surface area (Å²) in [4.78, 5) is 35.1. The number of amides is 2. The Morgan fingerprint density at radius 1 is 1.07 bits per heavy atom. The lowest BCUT2D eigenvalue weighted by molar-refractivity contribution is -0.384. The highest BCUT2D eigenvalue weighted by atomic mass is 35.5. The van der Waals surface area contributed by atoms with Gasteiger partial charge in [-0.2, -0.15) is 0 Å². The fourth-order valence-electron chi connectivity index (χ4n) is 3.00. The fraction of sp³-hybridized carbons (Fsp3) is 0.0476. The van der Waals surface area contributed by atoms with Crippen molar-refractivity contribution in [2.75, 3.05) is 10.6 Å². The maximum atomic E-state index is 12.6. The van der Waals surface area contributed by atoms with Gasteiger partial charge >= 0.3 is 0 Å². The standard InChI is InChI=1S/C21H14ClN3O5/c22-13-3-7-19-17(10-13)24-21(27)16-11-14(4-8-18(16)30-19)23-20(26)9-12-1-5-15(6-2-12)25(28)29/h1-8,10-11H,9H2,(H,23,26)(H,24,27). The van der Waals surface area contributed by atoms with Crippen LogP contribution in [-0.2, 0) is 11.2 Å². The molecule has 0 aliphatic carbocycles. The zero-order valence-corrected chi connectivity index (χ0v) is 16.1. The highest BCUT2D eigenvalue weighted by molar-refractivity contribution is 6.31. The van der Waals surface area contributed by atoms with Crippen molar-refractivity contribution < 1.29 is 19.2 Å². The first-order valence-corrected chi connectivity index (χ1v) is 9.23. The second-order valence-electron chi connectivity index (χ2n) is 6.56. The van der Waals surface area contributed by atoms with Crippen LogP contribution in [0.1, 0.15) is 15.9 Å². The van der Waals surface area contributed by atoms with E-state index in [9.17, 15) is 19.7 Å². The molecule has 0 saturated heterocycles. The molecule has 3 aromatic carbocycles. The molecule has 0 aromatic heterocycles. The minimum atomic E-state index is -0.501. The summed E-state index contributed by atoms with van der Waals surface area (Å²) >= 11 is 5.97. The van der Waals surface area contributed by atoms with Crippen LogP contribution < -0.4 is 15.4 Å². The molecule has 30 heavy (non-hydrogen) atoms. The molecule has 0 spiro atoms. The van der Waals surface area contributed by atoms with Crippen LogP contribution in [0.25, 0.3) is 0 Å². The van der Waals surface area contributed by atoms with E-state index in [1.165, 1.54) is 30.3 Å². The number of hydrogen-bond acceptors (Lipinski definition) is 5. The Kier molecular flexibility index (Phi) is 5.07. The number of fused-ring (bicyclic) bond motifs is 2. The van der Waals surface area contributed by atoms with Crippen LogP contribution in [0.5, 0.6) is 11.5 Å². The second kappa shape index (κ2) is 7.84. The normalized spacial score (nSPS) is 12.0. The monoisotopic (exact) mass is 423 g/mol. The van der Waals surface area contributed by atoms with E-state index in [2.05, 4.69) is 10.6 Å². The lowest BCUT2D eigenvalue weighted by atomic mass is 10.1. The van der Waals surface area contributed by atoms with Crippen molar-refractivity contribution in [3.8, 4) is 11.5 Å². The van der Waals surface area contributed by atoms with Gasteiger partial charge in [0.05, 0.1) is 22.6 Å². The second-order valence-corrected chi connectivity index (χ2v) is 6.99. The molecular weight excluding hydrogens is 410 g/mol. The number of hydrogen-bond donors (Lipinski definition) is 2. The third kappa shape index (κ3) is 4.08. The van der Waals surface area contributed by atoms with Crippen LogP contribution in [0.3, 0.4) is 0 Å². The van der Waals surface area contributed by atoms with Gasteiger partial charge in [0, 0.05) is 22.8 Å². The topological polar surface area (TPSA) is 111 Å². The number of nitrogens with one attached hydrogen (secondary N) is 2. The molecule has 0 radical (unpaired) electrons. The van der Waals surface area contributed by atoms with Gasteiger partial charge in [0.15, 0.2) is 5.75 Å². The summed E-state index contributed by atoms with van der Waals surface area (Å²) in [6.07, 6.45) is 0.0295. The van der Waals surface area contributed by atoms with Gasteiger partial charge in [-0.25, -0.2) is 0 Å². The van der Waals surface area contributed by atoms with Crippen molar-refractivity contribution in [2.45, 2.75) is 6.42 Å². The van der Waals surface area contributed by atoms with Gasteiger partial charge in [0.1, 0.15) is 5.75 Å². The van der Waals surface area contributed by atoms with E-state index < -0.39 is 10.8 Å². The number of nitro benzene ring substituents is 1. The van der Waals surface area contributed by atoms with Crippen molar-refractivity contribution in [3.05, 3.63) is 86.9 Å². The van der Waals surface area contributed by atoms with Gasteiger partial charge in [-0.3, -0.25) is 19.7 Å². The molecule has 4 rings (SSSR count). The number of ether oxygens (including phenoxy) is 1. The van der Waals surface area contributed by atoms with Crippen LogP contribution in [0.15, 0.2) is 60.7 Å². The van der Waals surface area contributed by atoms with E-state index in [4.69, 9.17) is 16.3 Å². The number of carbonyl (C=O) groups excluding carboxylic acids is 2. The molecule has 1 aliphatic rings. The first-order valence-electron chi connectivity index (χ1n) is 8.85. The minimum Gasteiger partial charge on any atom is -0.454 e. The molecule has 0 bridgehead atoms. The predicted molar refractivity (Wildman–Crippen MR) is 111 cm³/mol. The Labute approximate surface area is 175 Å². The Balaban J connectivity index is 1.50. The van der Waals surface area contributed by atoms with Crippen molar-refractivity contribution >= 4 is 40.5 Å². The molecule has 0 fully saturated rings. The lowest BCUT2D eigenvalue weighted by Gasteiger charge is -2.10. The Hall–Kier alpha value is -3.91. The number of nitro groups is 1. The largest absolute Gasteiger partial charge is 0.454 e. The number of carbonyl (C=O) groups is 2. The zero-order chi connectivity index (χ0) is 21.3. The van der Waals surface area contributed by atoms with Crippen molar-refractivity contribution in [1.29, 1.82) is 0 Å². The minimum absolute atomic E-state index is 0.0295. The van der Waals surface area contributed by atoms with E-state index in [1.807, 2.05) is 0 Å². The maximum Gasteiger partial charge on any atom is 0.269 e. The van der Waals surface area contributed by atoms with Crippen molar-refractivity contribution in [3.63, 3.8) is 0 Å². The first-order chi connectivity index (χ1) is 14.4.